The van der Waals surface area contributed by atoms with E-state index in [-0.39, 0.29) is 0 Å². The van der Waals surface area contributed by atoms with Crippen LogP contribution in [0.5, 0.6) is 0 Å². The highest BCUT2D eigenvalue weighted by atomic mass is 28.2. The molecule has 1 N–H and O–H groups in total. The molecule has 80 valence electrons. The van der Waals surface area contributed by atoms with E-state index < -0.39 is 0 Å². The van der Waals surface area contributed by atoms with Crippen molar-refractivity contribution in [2.24, 2.45) is 0 Å². The third kappa shape index (κ3) is 3.55. The average molecular weight is 217 g/mol. The smallest absolute Gasteiger partial charge is 0.0877 e. The minimum Gasteiger partial charge on any atom is -0.388 e. The molecule has 2 heteroatoms. The molecule has 2 radical (unpaired) electrons. The third-order valence-corrected chi connectivity index (χ3v) is 3.52. The van der Waals surface area contributed by atoms with Gasteiger partial charge in [-0.2, -0.15) is 0 Å². The Labute approximate surface area is 95.4 Å². The molecular formula is C13H19NSi. The van der Waals surface area contributed by atoms with Crippen LogP contribution in [0.2, 0.25) is 5.04 Å². The summed E-state index contributed by atoms with van der Waals surface area (Å²) in [7, 11) is 2.72. The topological polar surface area (TPSA) is 12.0 Å². The zero-order valence-electron chi connectivity index (χ0n) is 10.0. The van der Waals surface area contributed by atoms with Crippen LogP contribution in [-0.2, 0) is 0 Å². The van der Waals surface area contributed by atoms with Crippen molar-refractivity contribution in [3.63, 3.8) is 0 Å². The first-order valence-electron chi connectivity index (χ1n) is 5.18. The van der Waals surface area contributed by atoms with Crippen LogP contribution in [0.3, 0.4) is 0 Å². The van der Waals surface area contributed by atoms with Gasteiger partial charge in [0.15, 0.2) is 0 Å². The molecule has 15 heavy (non-hydrogen) atoms. The van der Waals surface area contributed by atoms with Crippen molar-refractivity contribution >= 4 is 20.4 Å². The van der Waals surface area contributed by atoms with E-state index in [1.54, 1.807) is 0 Å². The van der Waals surface area contributed by atoms with Crippen LogP contribution in [0.1, 0.15) is 26.3 Å². The molecule has 0 aromatic heterocycles. The van der Waals surface area contributed by atoms with Gasteiger partial charge in [-0.25, -0.2) is 0 Å². The number of hydrogen-bond acceptors (Lipinski definition) is 1. The van der Waals surface area contributed by atoms with Crippen molar-refractivity contribution in [1.82, 2.24) is 5.32 Å². The van der Waals surface area contributed by atoms with Gasteiger partial charge in [0.05, 0.1) is 9.52 Å². The minimum atomic E-state index is 0.337. The van der Waals surface area contributed by atoms with Gasteiger partial charge in [-0.3, -0.25) is 0 Å². The summed E-state index contributed by atoms with van der Waals surface area (Å²) in [5.74, 6) is 0. The summed E-state index contributed by atoms with van der Waals surface area (Å²) >= 11 is 0. The Kier molecular flexibility index (Phi) is 3.75. The molecule has 0 bridgehead atoms. The summed E-state index contributed by atoms with van der Waals surface area (Å²) in [6.07, 6.45) is 0. The van der Waals surface area contributed by atoms with Crippen molar-refractivity contribution in [2.75, 3.05) is 7.05 Å². The molecule has 0 aliphatic heterocycles. The normalized spacial score (nSPS) is 11.2. The van der Waals surface area contributed by atoms with Crippen molar-refractivity contribution in [2.45, 2.75) is 25.8 Å². The number of hydrogen-bond donors (Lipinski definition) is 1. The van der Waals surface area contributed by atoms with Gasteiger partial charge >= 0.3 is 0 Å². The molecule has 0 saturated carbocycles. The Morgan fingerprint density at radius 3 is 2.40 bits per heavy atom. The zero-order chi connectivity index (χ0) is 11.5. The Bertz CT molecular complexity index is 350. The SMILES string of the molecule is C=C(NC)c1ccccc1[Si]C(C)(C)C. The van der Waals surface area contributed by atoms with E-state index in [0.717, 1.165) is 15.2 Å². The second-order valence-electron chi connectivity index (χ2n) is 4.65. The molecule has 0 atom stereocenters. The highest BCUT2D eigenvalue weighted by molar-refractivity contribution is 6.57. The Morgan fingerprint density at radius 2 is 1.87 bits per heavy atom. The molecule has 0 aliphatic carbocycles. The van der Waals surface area contributed by atoms with Crippen LogP contribution in [0, 0.1) is 0 Å². The van der Waals surface area contributed by atoms with Gasteiger partial charge in [0.2, 0.25) is 0 Å². The van der Waals surface area contributed by atoms with E-state index in [1.165, 1.54) is 10.8 Å². The summed E-state index contributed by atoms with van der Waals surface area (Å²) in [5, 5.41) is 4.85. The highest BCUT2D eigenvalue weighted by Crippen LogP contribution is 2.20. The van der Waals surface area contributed by atoms with Crippen LogP contribution < -0.4 is 10.5 Å². The molecule has 1 aromatic carbocycles. The van der Waals surface area contributed by atoms with Crippen molar-refractivity contribution in [1.29, 1.82) is 0 Å². The van der Waals surface area contributed by atoms with Crippen molar-refractivity contribution < 1.29 is 0 Å². The fourth-order valence-electron chi connectivity index (χ4n) is 1.39. The van der Waals surface area contributed by atoms with Gasteiger partial charge in [0.25, 0.3) is 0 Å². The van der Waals surface area contributed by atoms with Crippen LogP contribution in [0.15, 0.2) is 30.8 Å². The predicted molar refractivity (Wildman–Crippen MR) is 69.6 cm³/mol. The monoisotopic (exact) mass is 217 g/mol. The van der Waals surface area contributed by atoms with E-state index in [2.05, 4.69) is 56.9 Å². The Balaban J connectivity index is 3.02. The third-order valence-electron chi connectivity index (χ3n) is 2.06. The fourth-order valence-corrected chi connectivity index (χ4v) is 2.75. The van der Waals surface area contributed by atoms with E-state index in [4.69, 9.17) is 0 Å². The Hall–Kier alpha value is -1.02. The molecule has 0 aliphatic rings. The highest BCUT2D eigenvalue weighted by Gasteiger charge is 2.15. The fraction of sp³-hybridized carbons (Fsp3) is 0.385. The minimum absolute atomic E-state index is 0.337. The van der Waals surface area contributed by atoms with Crippen molar-refractivity contribution in [3.8, 4) is 0 Å². The van der Waals surface area contributed by atoms with Gasteiger partial charge < -0.3 is 5.32 Å². The first kappa shape index (κ1) is 12.0. The standard InChI is InChI=1S/C13H19NSi/c1-10(14-5)11-8-6-7-9-12(11)15-13(2,3)4/h6-9,14H,1H2,2-5H3. The lowest BCUT2D eigenvalue weighted by molar-refractivity contribution is 0.759. The first-order chi connectivity index (χ1) is 6.94. The number of rotatable bonds is 3. The lowest BCUT2D eigenvalue weighted by Gasteiger charge is -2.19. The van der Waals surface area contributed by atoms with Crippen molar-refractivity contribution in [3.05, 3.63) is 36.4 Å². The molecule has 1 nitrogen and oxygen atoms in total. The molecule has 0 unspecified atom stereocenters. The van der Waals surface area contributed by atoms with Gasteiger partial charge in [0.1, 0.15) is 0 Å². The van der Waals surface area contributed by atoms with E-state index in [9.17, 15) is 0 Å². The molecule has 0 heterocycles. The molecule has 0 amide bonds. The summed E-state index contributed by atoms with van der Waals surface area (Å²) < 4.78 is 0. The summed E-state index contributed by atoms with van der Waals surface area (Å²) in [6, 6.07) is 8.49. The molecule has 0 fully saturated rings. The molecular weight excluding hydrogens is 198 g/mol. The van der Waals surface area contributed by atoms with Gasteiger partial charge in [-0.1, -0.05) is 56.8 Å². The first-order valence-corrected chi connectivity index (χ1v) is 6.18. The number of benzene rings is 1. The largest absolute Gasteiger partial charge is 0.388 e. The van der Waals surface area contributed by atoms with E-state index in [1.807, 2.05) is 7.05 Å². The zero-order valence-corrected chi connectivity index (χ0v) is 11.0. The quantitative estimate of drug-likeness (QED) is 0.767. The van der Waals surface area contributed by atoms with E-state index in [0.29, 0.717) is 5.04 Å². The molecule has 1 rings (SSSR count). The maximum atomic E-state index is 4.03. The summed E-state index contributed by atoms with van der Waals surface area (Å²) in [4.78, 5) is 0. The maximum absolute atomic E-state index is 4.03. The predicted octanol–water partition coefficient (Wildman–Crippen LogP) is 2.42. The maximum Gasteiger partial charge on any atom is 0.0877 e. The molecule has 1 aromatic rings. The molecule has 0 spiro atoms. The number of nitrogens with one attached hydrogen (secondary N) is 1. The summed E-state index contributed by atoms with van der Waals surface area (Å²) in [5.41, 5.74) is 2.25. The second kappa shape index (κ2) is 4.66. The average Bonchev–Trinajstić information content (AvgIpc) is 2.15. The van der Waals surface area contributed by atoms with Gasteiger partial charge in [-0.05, 0) is 10.6 Å². The lowest BCUT2D eigenvalue weighted by atomic mass is 10.2. The van der Waals surface area contributed by atoms with Crippen LogP contribution in [-0.4, -0.2) is 16.6 Å². The van der Waals surface area contributed by atoms with Crippen LogP contribution in [0.4, 0.5) is 0 Å². The molecule has 0 saturated heterocycles. The van der Waals surface area contributed by atoms with Crippen LogP contribution in [0.25, 0.3) is 5.70 Å². The van der Waals surface area contributed by atoms with Gasteiger partial charge in [0, 0.05) is 12.7 Å². The lowest BCUT2D eigenvalue weighted by Crippen LogP contribution is -2.27. The second-order valence-corrected chi connectivity index (χ2v) is 6.94. The Morgan fingerprint density at radius 1 is 1.27 bits per heavy atom. The summed E-state index contributed by atoms with van der Waals surface area (Å²) in [6.45, 7) is 10.8. The van der Waals surface area contributed by atoms with Gasteiger partial charge in [-0.15, -0.1) is 0 Å². The van der Waals surface area contributed by atoms with E-state index >= 15 is 0 Å². The van der Waals surface area contributed by atoms with Crippen LogP contribution >= 0.6 is 0 Å².